The normalized spacial score (nSPS) is 10.6. The number of halogens is 1. The van der Waals surface area contributed by atoms with E-state index in [9.17, 15) is 14.4 Å². The van der Waals surface area contributed by atoms with Crippen molar-refractivity contribution in [2.24, 2.45) is 0 Å². The van der Waals surface area contributed by atoms with Crippen LogP contribution in [0.25, 0.3) is 0 Å². The van der Waals surface area contributed by atoms with Gasteiger partial charge in [-0.15, -0.1) is 11.3 Å². The molecule has 8 heteroatoms. The Bertz CT molecular complexity index is 846. The topological polar surface area (TPSA) is 81.7 Å². The molecule has 0 aliphatic heterocycles. The van der Waals surface area contributed by atoms with E-state index in [0.717, 1.165) is 4.88 Å². The summed E-state index contributed by atoms with van der Waals surface area (Å²) in [6.45, 7) is 5.41. The van der Waals surface area contributed by atoms with Crippen molar-refractivity contribution in [1.82, 2.24) is 0 Å². The molecule has 144 valence electrons. The number of anilines is 1. The lowest BCUT2D eigenvalue weighted by Gasteiger charge is -2.08. The fourth-order valence-corrected chi connectivity index (χ4v) is 3.42. The summed E-state index contributed by atoms with van der Waals surface area (Å²) < 4.78 is 10.0. The summed E-state index contributed by atoms with van der Waals surface area (Å²) in [5.41, 5.74) is 0.466. The van der Waals surface area contributed by atoms with Gasteiger partial charge in [0.05, 0.1) is 22.8 Å². The van der Waals surface area contributed by atoms with Crippen molar-refractivity contribution >= 4 is 45.8 Å². The second kappa shape index (κ2) is 9.53. The highest BCUT2D eigenvalue weighted by atomic mass is 35.5. The third-order valence-electron chi connectivity index (χ3n) is 3.50. The number of hydrogen-bond acceptors (Lipinski definition) is 6. The van der Waals surface area contributed by atoms with E-state index in [0.29, 0.717) is 5.00 Å². The van der Waals surface area contributed by atoms with Gasteiger partial charge >= 0.3 is 11.9 Å². The van der Waals surface area contributed by atoms with Crippen LogP contribution >= 0.6 is 22.9 Å². The molecular formula is C19H20ClNO5S. The summed E-state index contributed by atoms with van der Waals surface area (Å²) in [7, 11) is 0. The van der Waals surface area contributed by atoms with Crippen molar-refractivity contribution in [3.05, 3.63) is 51.4 Å². The first-order valence-corrected chi connectivity index (χ1v) is 9.55. The molecule has 0 atom stereocenters. The second-order valence-electron chi connectivity index (χ2n) is 5.87. The first-order valence-electron chi connectivity index (χ1n) is 8.35. The molecule has 0 saturated carbocycles. The van der Waals surface area contributed by atoms with E-state index >= 15 is 0 Å². The van der Waals surface area contributed by atoms with Crippen LogP contribution in [-0.2, 0) is 14.3 Å². The maximum Gasteiger partial charge on any atom is 0.341 e. The van der Waals surface area contributed by atoms with Crippen LogP contribution in [0.15, 0.2) is 30.3 Å². The molecule has 6 nitrogen and oxygen atoms in total. The Labute approximate surface area is 166 Å². The summed E-state index contributed by atoms with van der Waals surface area (Å²) in [6, 6.07) is 8.11. The number of amides is 1. The Balaban J connectivity index is 2.05. The number of rotatable bonds is 7. The molecule has 0 bridgehead atoms. The van der Waals surface area contributed by atoms with Gasteiger partial charge < -0.3 is 14.8 Å². The first kappa shape index (κ1) is 20.9. The SMILES string of the molecule is CCOC(=O)c1cc(C(C)C)sc1NC(=O)COC(=O)c1ccccc1Cl. The third kappa shape index (κ3) is 5.55. The average Bonchev–Trinajstić information content (AvgIpc) is 3.04. The van der Waals surface area contributed by atoms with E-state index in [2.05, 4.69) is 5.32 Å². The monoisotopic (exact) mass is 409 g/mol. The standard InChI is InChI=1S/C19H20ClNO5S/c1-4-25-19(24)13-9-15(11(2)3)27-17(13)21-16(22)10-26-18(23)12-7-5-6-8-14(12)20/h5-9,11H,4,10H2,1-3H3,(H,21,22). The lowest BCUT2D eigenvalue weighted by atomic mass is 10.1. The number of benzene rings is 1. The molecule has 1 heterocycles. The van der Waals surface area contributed by atoms with Gasteiger partial charge in [0.25, 0.3) is 5.91 Å². The minimum absolute atomic E-state index is 0.178. The van der Waals surface area contributed by atoms with E-state index < -0.39 is 24.5 Å². The van der Waals surface area contributed by atoms with Gasteiger partial charge in [0, 0.05) is 4.88 Å². The molecule has 0 unspecified atom stereocenters. The lowest BCUT2D eigenvalue weighted by molar-refractivity contribution is -0.119. The van der Waals surface area contributed by atoms with Crippen LogP contribution in [0.1, 0.15) is 52.3 Å². The largest absolute Gasteiger partial charge is 0.462 e. The number of esters is 2. The smallest absolute Gasteiger partial charge is 0.341 e. The number of ether oxygens (including phenoxy) is 2. The number of carbonyl (C=O) groups is 3. The molecule has 0 aliphatic rings. The zero-order valence-electron chi connectivity index (χ0n) is 15.2. The predicted molar refractivity (Wildman–Crippen MR) is 105 cm³/mol. The summed E-state index contributed by atoms with van der Waals surface area (Å²) in [5.74, 6) is -1.58. The molecule has 27 heavy (non-hydrogen) atoms. The molecule has 0 fully saturated rings. The van der Waals surface area contributed by atoms with Gasteiger partial charge in [-0.05, 0) is 31.0 Å². The van der Waals surface area contributed by atoms with Crippen LogP contribution in [0.3, 0.4) is 0 Å². The minimum Gasteiger partial charge on any atom is -0.462 e. The van der Waals surface area contributed by atoms with Gasteiger partial charge in [0.2, 0.25) is 0 Å². The van der Waals surface area contributed by atoms with Crippen LogP contribution < -0.4 is 5.32 Å². The Hall–Kier alpha value is -2.38. The predicted octanol–water partition coefficient (Wildman–Crippen LogP) is 4.50. The van der Waals surface area contributed by atoms with Crippen molar-refractivity contribution in [3.8, 4) is 0 Å². The fraction of sp³-hybridized carbons (Fsp3) is 0.316. The number of nitrogens with one attached hydrogen (secondary N) is 1. The molecule has 1 aromatic carbocycles. The quantitative estimate of drug-likeness (QED) is 0.681. The summed E-state index contributed by atoms with van der Waals surface area (Å²) in [6.07, 6.45) is 0. The van der Waals surface area contributed by atoms with Crippen molar-refractivity contribution in [1.29, 1.82) is 0 Å². The molecule has 1 aromatic heterocycles. The molecule has 0 saturated heterocycles. The Kier molecular flexibility index (Phi) is 7.38. The zero-order valence-corrected chi connectivity index (χ0v) is 16.8. The molecule has 1 amide bonds. The maximum absolute atomic E-state index is 12.2. The summed E-state index contributed by atoms with van der Waals surface area (Å²) >= 11 is 7.22. The molecule has 0 radical (unpaired) electrons. The van der Waals surface area contributed by atoms with Gasteiger partial charge in [-0.2, -0.15) is 0 Å². The number of hydrogen-bond donors (Lipinski definition) is 1. The highest BCUT2D eigenvalue weighted by Crippen LogP contribution is 2.33. The van der Waals surface area contributed by atoms with E-state index in [1.54, 1.807) is 31.2 Å². The van der Waals surface area contributed by atoms with E-state index in [1.807, 2.05) is 13.8 Å². The van der Waals surface area contributed by atoms with Crippen molar-refractivity contribution < 1.29 is 23.9 Å². The van der Waals surface area contributed by atoms with E-state index in [4.69, 9.17) is 21.1 Å². The van der Waals surface area contributed by atoms with Crippen LogP contribution in [0, 0.1) is 0 Å². The average molecular weight is 410 g/mol. The molecule has 2 aromatic rings. The molecule has 0 aliphatic carbocycles. The van der Waals surface area contributed by atoms with Crippen molar-refractivity contribution in [3.63, 3.8) is 0 Å². The summed E-state index contributed by atoms with van der Waals surface area (Å²) in [5, 5.41) is 3.23. The van der Waals surface area contributed by atoms with Gasteiger partial charge in [-0.1, -0.05) is 37.6 Å². The molecule has 2 rings (SSSR count). The summed E-state index contributed by atoms with van der Waals surface area (Å²) in [4.78, 5) is 37.2. The molecule has 1 N–H and O–H groups in total. The Morgan fingerprint density at radius 1 is 1.11 bits per heavy atom. The highest BCUT2D eigenvalue weighted by molar-refractivity contribution is 7.16. The van der Waals surface area contributed by atoms with Crippen molar-refractivity contribution in [2.75, 3.05) is 18.5 Å². The van der Waals surface area contributed by atoms with Gasteiger partial charge in [-0.25, -0.2) is 9.59 Å². The second-order valence-corrected chi connectivity index (χ2v) is 7.36. The fourth-order valence-electron chi connectivity index (χ4n) is 2.15. The maximum atomic E-state index is 12.2. The van der Waals surface area contributed by atoms with Crippen molar-refractivity contribution in [2.45, 2.75) is 26.7 Å². The Morgan fingerprint density at radius 2 is 1.78 bits per heavy atom. The van der Waals surface area contributed by atoms with Gasteiger partial charge in [0.1, 0.15) is 5.00 Å². The lowest BCUT2D eigenvalue weighted by Crippen LogP contribution is -2.21. The highest BCUT2D eigenvalue weighted by Gasteiger charge is 2.21. The van der Waals surface area contributed by atoms with Gasteiger partial charge in [-0.3, -0.25) is 4.79 Å². The van der Waals surface area contributed by atoms with Crippen LogP contribution in [0.5, 0.6) is 0 Å². The number of thiophene rings is 1. The third-order valence-corrected chi connectivity index (χ3v) is 5.18. The minimum atomic E-state index is -0.699. The Morgan fingerprint density at radius 3 is 2.41 bits per heavy atom. The first-order chi connectivity index (χ1) is 12.8. The van der Waals surface area contributed by atoms with Crippen LogP contribution in [0.2, 0.25) is 5.02 Å². The van der Waals surface area contributed by atoms with E-state index in [1.165, 1.54) is 17.4 Å². The van der Waals surface area contributed by atoms with Crippen LogP contribution in [-0.4, -0.2) is 31.1 Å². The van der Waals surface area contributed by atoms with Gasteiger partial charge in [0.15, 0.2) is 6.61 Å². The number of carbonyl (C=O) groups excluding carboxylic acids is 3. The van der Waals surface area contributed by atoms with Crippen LogP contribution in [0.4, 0.5) is 5.00 Å². The molecular weight excluding hydrogens is 390 g/mol. The molecule has 0 spiro atoms. The zero-order chi connectivity index (χ0) is 20.0. The van der Waals surface area contributed by atoms with E-state index in [-0.39, 0.29) is 28.7 Å².